The van der Waals surface area contributed by atoms with Crippen molar-refractivity contribution in [2.24, 2.45) is 0 Å². The van der Waals surface area contributed by atoms with E-state index in [9.17, 15) is 17.2 Å². The average molecular weight is 424 g/mol. The predicted octanol–water partition coefficient (Wildman–Crippen LogP) is 5.09. The fraction of sp³-hybridized carbons (Fsp3) is 0.174. The lowest BCUT2D eigenvalue weighted by molar-refractivity contribution is 0.0175. The van der Waals surface area contributed by atoms with Gasteiger partial charge >= 0.3 is 0 Å². The van der Waals surface area contributed by atoms with Crippen LogP contribution < -0.4 is 4.31 Å². The van der Waals surface area contributed by atoms with Crippen LogP contribution in [-0.4, -0.2) is 15.0 Å². The number of hydrogen-bond donors (Lipinski definition) is 0. The second-order valence-electron chi connectivity index (χ2n) is 7.27. The predicted molar refractivity (Wildman–Crippen MR) is 111 cm³/mol. The molecule has 1 aliphatic heterocycles. The number of rotatable bonds is 4. The number of halogens is 2. The zero-order valence-electron chi connectivity index (χ0n) is 16.1. The van der Waals surface area contributed by atoms with E-state index >= 15 is 0 Å². The van der Waals surface area contributed by atoms with Gasteiger partial charge in [-0.2, -0.15) is 5.26 Å². The highest BCUT2D eigenvalue weighted by atomic mass is 32.2. The Morgan fingerprint density at radius 1 is 0.967 bits per heavy atom. The van der Waals surface area contributed by atoms with Gasteiger partial charge in [0.2, 0.25) is 0 Å². The molecule has 0 spiro atoms. The first kappa shape index (κ1) is 20.0. The molecule has 0 unspecified atom stereocenters. The van der Waals surface area contributed by atoms with Crippen molar-refractivity contribution in [1.82, 2.24) is 0 Å². The smallest absolute Gasteiger partial charge is 0.266 e. The summed E-state index contributed by atoms with van der Waals surface area (Å²) in [5.41, 5.74) is 3.48. The Morgan fingerprint density at radius 2 is 1.60 bits per heavy atom. The van der Waals surface area contributed by atoms with Crippen LogP contribution in [0.2, 0.25) is 0 Å². The summed E-state index contributed by atoms with van der Waals surface area (Å²) >= 11 is 0. The maximum Gasteiger partial charge on any atom is 0.270 e. The number of nitrogens with zero attached hydrogens (tertiary/aromatic N) is 2. The van der Waals surface area contributed by atoms with Crippen LogP contribution in [0.1, 0.15) is 23.6 Å². The Kier molecular flexibility index (Phi) is 4.83. The Hall–Kier alpha value is -3.24. The first-order valence-electron chi connectivity index (χ1n) is 9.35. The summed E-state index contributed by atoms with van der Waals surface area (Å²) in [5.74, 6) is -2.89. The van der Waals surface area contributed by atoms with Crippen LogP contribution in [-0.2, 0) is 22.4 Å². The van der Waals surface area contributed by atoms with E-state index < -0.39 is 15.9 Å². The molecule has 3 aromatic rings. The Bertz CT molecular complexity index is 1240. The van der Waals surface area contributed by atoms with Gasteiger partial charge < -0.3 is 0 Å². The van der Waals surface area contributed by atoms with E-state index in [1.807, 2.05) is 12.1 Å². The van der Waals surface area contributed by atoms with Crippen LogP contribution in [0.3, 0.4) is 0 Å². The summed E-state index contributed by atoms with van der Waals surface area (Å²) in [6.45, 7) is 1.18. The van der Waals surface area contributed by atoms with Gasteiger partial charge in [0.25, 0.3) is 15.9 Å². The molecular weight excluding hydrogens is 406 g/mol. The van der Waals surface area contributed by atoms with Gasteiger partial charge in [0.15, 0.2) is 0 Å². The van der Waals surface area contributed by atoms with Crippen molar-refractivity contribution in [2.75, 3.05) is 10.8 Å². The molecule has 4 rings (SSSR count). The highest BCUT2D eigenvalue weighted by molar-refractivity contribution is 7.92. The van der Waals surface area contributed by atoms with E-state index in [1.165, 1.54) is 40.7 Å². The number of hydrogen-bond acceptors (Lipinski definition) is 3. The lowest BCUT2D eigenvalue weighted by atomic mass is 9.99. The Balaban J connectivity index is 1.64. The highest BCUT2D eigenvalue weighted by Gasteiger charge is 2.31. The Labute approximate surface area is 174 Å². The maximum atomic E-state index is 13.4. The molecule has 0 atom stereocenters. The highest BCUT2D eigenvalue weighted by Crippen LogP contribution is 2.36. The summed E-state index contributed by atoms with van der Waals surface area (Å²) in [5, 5.41) is 8.90. The molecule has 30 heavy (non-hydrogen) atoms. The van der Waals surface area contributed by atoms with Crippen LogP contribution in [0.15, 0.2) is 71.6 Å². The van der Waals surface area contributed by atoms with Gasteiger partial charge in [-0.05, 0) is 59.5 Å². The van der Waals surface area contributed by atoms with Crippen molar-refractivity contribution >= 4 is 15.7 Å². The van der Waals surface area contributed by atoms with Gasteiger partial charge in [0.1, 0.15) is 0 Å². The zero-order chi connectivity index (χ0) is 21.5. The molecule has 1 heterocycles. The van der Waals surface area contributed by atoms with Gasteiger partial charge in [-0.1, -0.05) is 30.3 Å². The van der Waals surface area contributed by atoms with Crippen molar-refractivity contribution in [1.29, 1.82) is 5.26 Å². The molecule has 4 nitrogen and oxygen atoms in total. The zero-order valence-corrected chi connectivity index (χ0v) is 17.0. The molecule has 0 N–H and O–H groups in total. The number of alkyl halides is 2. The molecule has 0 amide bonds. The first-order chi connectivity index (χ1) is 14.2. The molecular formula is C23H18F2N2O2S. The van der Waals surface area contributed by atoms with E-state index in [4.69, 9.17) is 5.26 Å². The molecule has 0 bridgehead atoms. The molecule has 0 aliphatic carbocycles. The Morgan fingerprint density at radius 3 is 2.20 bits per heavy atom. The molecule has 0 radical (unpaired) electrons. The largest absolute Gasteiger partial charge is 0.270 e. The molecule has 7 heteroatoms. The summed E-state index contributed by atoms with van der Waals surface area (Å²) in [4.78, 5) is 0.134. The minimum absolute atomic E-state index is 0.0490. The number of anilines is 1. The lowest BCUT2D eigenvalue weighted by Crippen LogP contribution is -2.29. The van der Waals surface area contributed by atoms with Gasteiger partial charge in [-0.15, -0.1) is 0 Å². The summed E-state index contributed by atoms with van der Waals surface area (Å²) in [6.07, 6.45) is 0.559. The van der Waals surface area contributed by atoms with E-state index in [0.29, 0.717) is 24.2 Å². The quantitative estimate of drug-likeness (QED) is 0.586. The minimum Gasteiger partial charge on any atom is -0.266 e. The maximum absolute atomic E-state index is 13.4. The third-order valence-corrected chi connectivity index (χ3v) is 7.06. The average Bonchev–Trinajstić information content (AvgIpc) is 3.17. The summed E-state index contributed by atoms with van der Waals surface area (Å²) in [7, 11) is -3.74. The van der Waals surface area contributed by atoms with E-state index in [1.54, 1.807) is 24.3 Å². The normalized spacial score (nSPS) is 13.7. The van der Waals surface area contributed by atoms with Gasteiger partial charge in [-0.3, -0.25) is 4.31 Å². The van der Waals surface area contributed by atoms with Crippen molar-refractivity contribution in [3.8, 4) is 17.2 Å². The van der Waals surface area contributed by atoms with Crippen molar-refractivity contribution in [3.63, 3.8) is 0 Å². The van der Waals surface area contributed by atoms with Crippen molar-refractivity contribution in [2.45, 2.75) is 24.2 Å². The van der Waals surface area contributed by atoms with Crippen LogP contribution >= 0.6 is 0 Å². The molecule has 0 fully saturated rings. The van der Waals surface area contributed by atoms with Crippen LogP contribution in [0, 0.1) is 11.3 Å². The van der Waals surface area contributed by atoms with E-state index in [-0.39, 0.29) is 10.5 Å². The van der Waals surface area contributed by atoms with E-state index in [2.05, 4.69) is 0 Å². The number of sulfonamides is 1. The lowest BCUT2D eigenvalue weighted by Gasteiger charge is -2.20. The van der Waals surface area contributed by atoms with Gasteiger partial charge in [0, 0.05) is 19.0 Å². The monoisotopic (exact) mass is 424 g/mol. The third-order valence-electron chi connectivity index (χ3n) is 5.23. The fourth-order valence-corrected chi connectivity index (χ4v) is 5.09. The van der Waals surface area contributed by atoms with Crippen LogP contribution in [0.4, 0.5) is 14.5 Å². The number of nitriles is 1. The molecule has 1 aliphatic rings. The molecule has 152 valence electrons. The second kappa shape index (κ2) is 7.22. The van der Waals surface area contributed by atoms with Crippen molar-refractivity contribution < 1.29 is 17.2 Å². The first-order valence-corrected chi connectivity index (χ1v) is 10.8. The van der Waals surface area contributed by atoms with E-state index in [0.717, 1.165) is 23.6 Å². The second-order valence-corrected chi connectivity index (χ2v) is 9.13. The molecule has 3 aromatic carbocycles. The fourth-order valence-electron chi connectivity index (χ4n) is 3.58. The number of fused-ring (bicyclic) bond motifs is 1. The molecule has 0 saturated carbocycles. The standard InChI is InChI=1S/C23H18F2N2O2S/c1-23(24,25)20-7-4-17(5-8-20)18-6-11-22-19(14-18)12-13-27(22)30(28,29)21-9-2-16(15-26)3-10-21/h2-11,14H,12-13H2,1H3. The van der Waals surface area contributed by atoms with Crippen LogP contribution in [0.5, 0.6) is 0 Å². The summed E-state index contributed by atoms with van der Waals surface area (Å²) in [6, 6.07) is 19.4. The molecule has 0 aromatic heterocycles. The SMILES string of the molecule is CC(F)(F)c1ccc(-c2ccc3c(c2)CCN3S(=O)(=O)c2ccc(C#N)cc2)cc1. The number of benzene rings is 3. The van der Waals surface area contributed by atoms with Gasteiger partial charge in [-0.25, -0.2) is 17.2 Å². The topological polar surface area (TPSA) is 61.2 Å². The third kappa shape index (κ3) is 3.55. The summed E-state index contributed by atoms with van der Waals surface area (Å²) < 4.78 is 54.3. The minimum atomic E-state index is -3.74. The van der Waals surface area contributed by atoms with Gasteiger partial charge in [0.05, 0.1) is 22.2 Å². The van der Waals surface area contributed by atoms with Crippen molar-refractivity contribution in [3.05, 3.63) is 83.4 Å². The molecule has 0 saturated heterocycles. The van der Waals surface area contributed by atoms with Crippen LogP contribution in [0.25, 0.3) is 11.1 Å².